The molecule has 0 radical (unpaired) electrons. The van der Waals surface area contributed by atoms with E-state index in [9.17, 15) is 4.79 Å². The molecule has 0 unspecified atom stereocenters. The van der Waals surface area contributed by atoms with Crippen LogP contribution >= 0.6 is 0 Å². The Morgan fingerprint density at radius 3 is 2.73 bits per heavy atom. The van der Waals surface area contributed by atoms with Crippen LogP contribution < -0.4 is 0 Å². The molecule has 0 saturated carbocycles. The van der Waals surface area contributed by atoms with Crippen LogP contribution in [0, 0.1) is 12.3 Å². The molecule has 84 valence electrons. The molecule has 0 N–H and O–H groups in total. The molecular weight excluding hydrogens is 190 g/mol. The van der Waals surface area contributed by atoms with Gasteiger partial charge in [0.1, 0.15) is 6.04 Å². The van der Waals surface area contributed by atoms with Gasteiger partial charge in [0.15, 0.2) is 0 Å². The number of nitrogens with zero attached hydrogens (tertiary/aromatic N) is 1. The van der Waals surface area contributed by atoms with E-state index in [4.69, 9.17) is 11.2 Å². The largest absolute Gasteiger partial charge is 0.468 e. The van der Waals surface area contributed by atoms with Gasteiger partial charge in [-0.3, -0.25) is 9.69 Å². The van der Waals surface area contributed by atoms with Crippen LogP contribution in [0.1, 0.15) is 33.1 Å². The van der Waals surface area contributed by atoms with Gasteiger partial charge in [-0.05, 0) is 26.7 Å². The number of methoxy groups -OCH3 is 1. The summed E-state index contributed by atoms with van der Waals surface area (Å²) in [6, 6.07) is -0.171. The molecule has 1 aliphatic heterocycles. The van der Waals surface area contributed by atoms with Crippen LogP contribution in [0.15, 0.2) is 0 Å². The van der Waals surface area contributed by atoms with Crippen LogP contribution in [0.25, 0.3) is 0 Å². The third-order valence-corrected chi connectivity index (χ3v) is 3.05. The summed E-state index contributed by atoms with van der Waals surface area (Å²) in [6.07, 6.45) is 8.50. The van der Waals surface area contributed by atoms with Crippen molar-refractivity contribution >= 4 is 5.97 Å². The number of hydrogen-bond donors (Lipinski definition) is 0. The molecule has 3 nitrogen and oxygen atoms in total. The van der Waals surface area contributed by atoms with E-state index in [2.05, 4.69) is 10.8 Å². The summed E-state index contributed by atoms with van der Waals surface area (Å²) in [5.41, 5.74) is -0.376. The molecule has 15 heavy (non-hydrogen) atoms. The second kappa shape index (κ2) is 4.67. The maximum absolute atomic E-state index is 11.6. The number of rotatable bonds is 2. The van der Waals surface area contributed by atoms with Crippen molar-refractivity contribution in [3.8, 4) is 12.3 Å². The fraction of sp³-hybridized carbons (Fsp3) is 0.750. The molecule has 1 aliphatic rings. The summed E-state index contributed by atoms with van der Waals surface area (Å²) < 4.78 is 4.81. The molecule has 0 aliphatic carbocycles. The lowest BCUT2D eigenvalue weighted by Gasteiger charge is -2.42. The van der Waals surface area contributed by atoms with E-state index in [1.165, 1.54) is 7.11 Å². The van der Waals surface area contributed by atoms with E-state index in [0.717, 1.165) is 25.8 Å². The summed E-state index contributed by atoms with van der Waals surface area (Å²) >= 11 is 0. The molecule has 1 rings (SSSR count). The van der Waals surface area contributed by atoms with E-state index in [1.807, 2.05) is 13.8 Å². The van der Waals surface area contributed by atoms with Crippen molar-refractivity contribution in [2.45, 2.75) is 44.7 Å². The number of hydrogen-bond acceptors (Lipinski definition) is 3. The molecule has 0 aromatic heterocycles. The molecule has 1 atom stereocenters. The van der Waals surface area contributed by atoms with E-state index in [0.29, 0.717) is 0 Å². The van der Waals surface area contributed by atoms with E-state index < -0.39 is 0 Å². The Hall–Kier alpha value is -1.01. The third kappa shape index (κ3) is 2.51. The minimum Gasteiger partial charge on any atom is -0.468 e. The topological polar surface area (TPSA) is 29.5 Å². The summed E-state index contributed by atoms with van der Waals surface area (Å²) in [4.78, 5) is 13.7. The lowest BCUT2D eigenvalue weighted by molar-refractivity contribution is -0.150. The average Bonchev–Trinajstić information content (AvgIpc) is 2.28. The number of carbonyl (C=O) groups is 1. The lowest BCUT2D eigenvalue weighted by Crippen LogP contribution is -2.54. The number of ether oxygens (including phenoxy) is 1. The van der Waals surface area contributed by atoms with Crippen molar-refractivity contribution in [2.24, 2.45) is 0 Å². The lowest BCUT2D eigenvalue weighted by atomic mass is 9.94. The van der Waals surface area contributed by atoms with Gasteiger partial charge in [-0.15, -0.1) is 6.42 Å². The SMILES string of the molecule is C#CC(C)(C)N1CCCC[C@@H]1C(=O)OC. The highest BCUT2D eigenvalue weighted by atomic mass is 16.5. The van der Waals surface area contributed by atoms with Gasteiger partial charge in [-0.1, -0.05) is 12.3 Å². The highest BCUT2D eigenvalue weighted by molar-refractivity contribution is 5.76. The van der Waals surface area contributed by atoms with Crippen LogP contribution in [0.5, 0.6) is 0 Å². The average molecular weight is 209 g/mol. The highest BCUT2D eigenvalue weighted by Gasteiger charge is 2.37. The van der Waals surface area contributed by atoms with Crippen molar-refractivity contribution in [1.82, 2.24) is 4.90 Å². The van der Waals surface area contributed by atoms with Gasteiger partial charge in [-0.2, -0.15) is 0 Å². The first-order chi connectivity index (χ1) is 7.03. The molecule has 0 bridgehead atoms. The van der Waals surface area contributed by atoms with Crippen LogP contribution in [0.2, 0.25) is 0 Å². The molecule has 0 aromatic rings. The van der Waals surface area contributed by atoms with Crippen molar-refractivity contribution in [3.63, 3.8) is 0 Å². The van der Waals surface area contributed by atoms with Crippen LogP contribution in [0.4, 0.5) is 0 Å². The Morgan fingerprint density at radius 1 is 1.53 bits per heavy atom. The second-order valence-corrected chi connectivity index (χ2v) is 4.43. The zero-order valence-electron chi connectivity index (χ0n) is 9.75. The molecular formula is C12H19NO2. The second-order valence-electron chi connectivity index (χ2n) is 4.43. The molecule has 0 spiro atoms. The summed E-state index contributed by atoms with van der Waals surface area (Å²) in [6.45, 7) is 4.81. The molecule has 0 aromatic carbocycles. The van der Waals surface area contributed by atoms with Crippen molar-refractivity contribution in [3.05, 3.63) is 0 Å². The zero-order chi connectivity index (χ0) is 11.5. The number of terminal acetylenes is 1. The number of piperidine rings is 1. The van der Waals surface area contributed by atoms with Crippen LogP contribution in [-0.4, -0.2) is 36.1 Å². The van der Waals surface area contributed by atoms with Crippen molar-refractivity contribution in [2.75, 3.05) is 13.7 Å². The van der Waals surface area contributed by atoms with E-state index in [-0.39, 0.29) is 17.6 Å². The maximum Gasteiger partial charge on any atom is 0.323 e. The van der Waals surface area contributed by atoms with Crippen molar-refractivity contribution < 1.29 is 9.53 Å². The third-order valence-electron chi connectivity index (χ3n) is 3.05. The molecule has 1 heterocycles. The Kier molecular flexibility index (Phi) is 3.76. The normalized spacial score (nSPS) is 23.2. The Morgan fingerprint density at radius 2 is 2.20 bits per heavy atom. The van der Waals surface area contributed by atoms with E-state index >= 15 is 0 Å². The minimum atomic E-state index is -0.376. The fourth-order valence-corrected chi connectivity index (χ4v) is 2.06. The van der Waals surface area contributed by atoms with Gasteiger partial charge in [0, 0.05) is 6.54 Å². The van der Waals surface area contributed by atoms with Crippen LogP contribution in [-0.2, 0) is 9.53 Å². The first-order valence-electron chi connectivity index (χ1n) is 5.35. The fourth-order valence-electron chi connectivity index (χ4n) is 2.06. The first kappa shape index (κ1) is 12.1. The van der Waals surface area contributed by atoms with E-state index in [1.54, 1.807) is 0 Å². The number of carbonyl (C=O) groups excluding carboxylic acids is 1. The number of likely N-dealkylation sites (tertiary alicyclic amines) is 1. The first-order valence-corrected chi connectivity index (χ1v) is 5.35. The molecule has 1 fully saturated rings. The van der Waals surface area contributed by atoms with Gasteiger partial charge in [0.05, 0.1) is 12.6 Å². The number of esters is 1. The van der Waals surface area contributed by atoms with Crippen LogP contribution in [0.3, 0.4) is 0 Å². The quantitative estimate of drug-likeness (QED) is 0.509. The minimum absolute atomic E-state index is 0.168. The summed E-state index contributed by atoms with van der Waals surface area (Å²) in [5.74, 6) is 2.57. The predicted molar refractivity (Wildman–Crippen MR) is 59.3 cm³/mol. The highest BCUT2D eigenvalue weighted by Crippen LogP contribution is 2.26. The van der Waals surface area contributed by atoms with Crippen molar-refractivity contribution in [1.29, 1.82) is 0 Å². The molecule has 1 saturated heterocycles. The van der Waals surface area contributed by atoms with Gasteiger partial charge in [0.2, 0.25) is 0 Å². The zero-order valence-corrected chi connectivity index (χ0v) is 9.75. The standard InChI is InChI=1S/C12H19NO2/c1-5-12(2,3)13-9-7-6-8-10(13)11(14)15-4/h1,10H,6-9H2,2-4H3/t10-/m1/s1. The Bertz CT molecular complexity index is 278. The summed E-state index contributed by atoms with van der Waals surface area (Å²) in [7, 11) is 1.43. The van der Waals surface area contributed by atoms with Gasteiger partial charge in [-0.25, -0.2) is 0 Å². The molecule has 0 amide bonds. The van der Waals surface area contributed by atoms with Gasteiger partial charge < -0.3 is 4.74 Å². The summed E-state index contributed by atoms with van der Waals surface area (Å²) in [5, 5.41) is 0. The smallest absolute Gasteiger partial charge is 0.323 e. The van der Waals surface area contributed by atoms with Gasteiger partial charge >= 0.3 is 5.97 Å². The Labute approximate surface area is 91.8 Å². The Balaban J connectivity index is 2.84. The predicted octanol–water partition coefficient (Wildman–Crippen LogP) is 1.43. The molecule has 3 heteroatoms. The maximum atomic E-state index is 11.6. The van der Waals surface area contributed by atoms with Gasteiger partial charge in [0.25, 0.3) is 0 Å². The monoisotopic (exact) mass is 209 g/mol.